The zero-order valence-electron chi connectivity index (χ0n) is 15.6. The van der Waals surface area contributed by atoms with Gasteiger partial charge in [-0.2, -0.15) is 0 Å². The molecule has 1 aromatic carbocycles. The number of hydrogen-bond acceptors (Lipinski definition) is 7. The smallest absolute Gasteiger partial charge is 0.342 e. The Labute approximate surface area is 170 Å². The number of ether oxygens (including phenoxy) is 1. The molecular weight excluding hydrogens is 395 g/mol. The summed E-state index contributed by atoms with van der Waals surface area (Å²) in [6.45, 7) is -0.603. The second-order valence-corrected chi connectivity index (χ2v) is 5.89. The molecule has 0 saturated carbocycles. The number of anilines is 2. The number of urea groups is 1. The Morgan fingerprint density at radius 1 is 1.07 bits per heavy atom. The van der Waals surface area contributed by atoms with Crippen molar-refractivity contribution in [2.45, 2.75) is 6.54 Å². The van der Waals surface area contributed by atoms with Crippen LogP contribution in [0.3, 0.4) is 0 Å². The summed E-state index contributed by atoms with van der Waals surface area (Å²) in [5, 5.41) is 7.15. The molecule has 0 aliphatic rings. The van der Waals surface area contributed by atoms with Crippen molar-refractivity contribution in [3.63, 3.8) is 0 Å². The summed E-state index contributed by atoms with van der Waals surface area (Å²) in [6, 6.07) is 11.3. The lowest BCUT2D eigenvalue weighted by molar-refractivity contribution is -0.123. The van der Waals surface area contributed by atoms with Gasteiger partial charge in [-0.1, -0.05) is 12.1 Å². The van der Waals surface area contributed by atoms with Gasteiger partial charge < -0.3 is 19.8 Å². The molecule has 3 aromatic rings. The molecule has 0 aliphatic carbocycles. The largest absolute Gasteiger partial charge is 0.467 e. The minimum atomic E-state index is -0.868. The molecule has 154 valence electrons. The number of rotatable bonds is 7. The van der Waals surface area contributed by atoms with E-state index in [0.717, 1.165) is 0 Å². The summed E-state index contributed by atoms with van der Waals surface area (Å²) in [6.07, 6.45) is 2.86. The summed E-state index contributed by atoms with van der Waals surface area (Å²) in [4.78, 5) is 39.8. The number of halogens is 1. The van der Waals surface area contributed by atoms with E-state index in [0.29, 0.717) is 5.76 Å². The van der Waals surface area contributed by atoms with E-state index in [1.165, 1.54) is 42.8 Å². The van der Waals surface area contributed by atoms with Gasteiger partial charge in [0.25, 0.3) is 5.91 Å². The van der Waals surface area contributed by atoms with Crippen LogP contribution in [0.2, 0.25) is 0 Å². The minimum absolute atomic E-state index is 0.00387. The molecule has 0 unspecified atom stereocenters. The Morgan fingerprint density at radius 2 is 1.90 bits per heavy atom. The second kappa shape index (κ2) is 9.82. The van der Waals surface area contributed by atoms with Crippen LogP contribution in [-0.4, -0.2) is 29.5 Å². The molecule has 3 rings (SSSR count). The van der Waals surface area contributed by atoms with Crippen molar-refractivity contribution in [2.75, 3.05) is 11.9 Å². The van der Waals surface area contributed by atoms with Crippen LogP contribution >= 0.6 is 0 Å². The first-order chi connectivity index (χ1) is 14.5. The van der Waals surface area contributed by atoms with Crippen LogP contribution in [0.5, 0.6) is 0 Å². The van der Waals surface area contributed by atoms with Crippen LogP contribution in [0.1, 0.15) is 16.1 Å². The average molecular weight is 412 g/mol. The van der Waals surface area contributed by atoms with E-state index >= 15 is 0 Å². The summed E-state index contributed by atoms with van der Waals surface area (Å²) < 4.78 is 23.8. The molecule has 0 radical (unpaired) electrons. The average Bonchev–Trinajstić information content (AvgIpc) is 3.26. The predicted octanol–water partition coefficient (Wildman–Crippen LogP) is 2.74. The quantitative estimate of drug-likeness (QED) is 0.510. The van der Waals surface area contributed by atoms with Gasteiger partial charge in [-0.3, -0.25) is 10.1 Å². The normalized spacial score (nSPS) is 10.2. The number of para-hydroxylation sites is 1. The second-order valence-electron chi connectivity index (χ2n) is 5.89. The first-order valence-electron chi connectivity index (χ1n) is 8.76. The molecule has 0 aliphatic heterocycles. The highest BCUT2D eigenvalue weighted by molar-refractivity contribution is 5.99. The van der Waals surface area contributed by atoms with Crippen LogP contribution in [0.25, 0.3) is 0 Å². The molecule has 0 bridgehead atoms. The molecule has 10 heteroatoms. The Balaban J connectivity index is 1.52. The number of pyridine rings is 1. The SMILES string of the molecule is O=C(COC(=O)c1cccnc1Nc1ccccc1F)NC(=O)NCc1ccco1. The van der Waals surface area contributed by atoms with E-state index in [2.05, 4.69) is 15.6 Å². The van der Waals surface area contributed by atoms with Gasteiger partial charge in [0, 0.05) is 6.20 Å². The fourth-order valence-corrected chi connectivity index (χ4v) is 2.36. The molecule has 2 heterocycles. The van der Waals surface area contributed by atoms with Gasteiger partial charge in [-0.15, -0.1) is 0 Å². The van der Waals surface area contributed by atoms with E-state index in [1.54, 1.807) is 18.2 Å². The lowest BCUT2D eigenvalue weighted by atomic mass is 10.2. The number of carbonyl (C=O) groups excluding carboxylic acids is 3. The monoisotopic (exact) mass is 412 g/mol. The standard InChI is InChI=1S/C20H17FN4O5/c21-15-7-1-2-8-16(15)24-18-14(6-3-9-22-18)19(27)30-12-17(26)25-20(28)23-11-13-5-4-10-29-13/h1-10H,11-12H2,(H,22,24)(H2,23,25,26,28). The number of benzene rings is 1. The van der Waals surface area contributed by atoms with Crippen molar-refractivity contribution >= 4 is 29.4 Å². The molecule has 0 spiro atoms. The van der Waals surface area contributed by atoms with Crippen molar-refractivity contribution in [3.05, 3.63) is 78.1 Å². The Kier molecular flexibility index (Phi) is 6.72. The van der Waals surface area contributed by atoms with Gasteiger partial charge in [0.05, 0.1) is 18.5 Å². The number of nitrogens with one attached hydrogen (secondary N) is 3. The van der Waals surface area contributed by atoms with Gasteiger partial charge in [0.2, 0.25) is 0 Å². The highest BCUT2D eigenvalue weighted by atomic mass is 19.1. The van der Waals surface area contributed by atoms with Crippen molar-refractivity contribution in [1.82, 2.24) is 15.6 Å². The van der Waals surface area contributed by atoms with Crippen LogP contribution in [0.4, 0.5) is 20.7 Å². The van der Waals surface area contributed by atoms with Crippen LogP contribution in [-0.2, 0) is 16.1 Å². The molecule has 0 fully saturated rings. The fourth-order valence-electron chi connectivity index (χ4n) is 2.36. The number of nitrogens with zero attached hydrogens (tertiary/aromatic N) is 1. The minimum Gasteiger partial charge on any atom is -0.467 e. The zero-order chi connectivity index (χ0) is 21.3. The van der Waals surface area contributed by atoms with Gasteiger partial charge in [0.15, 0.2) is 6.61 Å². The van der Waals surface area contributed by atoms with E-state index in [9.17, 15) is 18.8 Å². The summed E-state index contributed by atoms with van der Waals surface area (Å²) in [7, 11) is 0. The third kappa shape index (κ3) is 5.64. The first kappa shape index (κ1) is 20.5. The maximum absolute atomic E-state index is 13.8. The maximum Gasteiger partial charge on any atom is 0.342 e. The van der Waals surface area contributed by atoms with Crippen molar-refractivity contribution < 1.29 is 27.9 Å². The lowest BCUT2D eigenvalue weighted by Gasteiger charge is -2.11. The van der Waals surface area contributed by atoms with Gasteiger partial charge >= 0.3 is 12.0 Å². The Bertz CT molecular complexity index is 1040. The number of furan rings is 1. The third-order valence-electron chi connectivity index (χ3n) is 3.75. The summed E-state index contributed by atoms with van der Waals surface area (Å²) in [5.74, 6) is -1.65. The molecule has 3 N–H and O–H groups in total. The van der Waals surface area contributed by atoms with E-state index in [-0.39, 0.29) is 23.6 Å². The lowest BCUT2D eigenvalue weighted by Crippen LogP contribution is -2.41. The maximum atomic E-state index is 13.8. The molecule has 9 nitrogen and oxygen atoms in total. The number of carbonyl (C=O) groups is 3. The van der Waals surface area contributed by atoms with E-state index in [1.807, 2.05) is 5.32 Å². The third-order valence-corrected chi connectivity index (χ3v) is 3.75. The fraction of sp³-hybridized carbons (Fsp3) is 0.100. The van der Waals surface area contributed by atoms with Crippen LogP contribution in [0, 0.1) is 5.82 Å². The highest BCUT2D eigenvalue weighted by Gasteiger charge is 2.17. The molecule has 0 atom stereocenters. The first-order valence-corrected chi connectivity index (χ1v) is 8.76. The predicted molar refractivity (Wildman–Crippen MR) is 103 cm³/mol. The molecular formula is C20H17FN4O5. The van der Waals surface area contributed by atoms with E-state index in [4.69, 9.17) is 9.15 Å². The van der Waals surface area contributed by atoms with Crippen molar-refractivity contribution in [1.29, 1.82) is 0 Å². The topological polar surface area (TPSA) is 123 Å². The van der Waals surface area contributed by atoms with Crippen LogP contribution in [0.15, 0.2) is 65.4 Å². The van der Waals surface area contributed by atoms with Crippen molar-refractivity contribution in [2.24, 2.45) is 0 Å². The molecule has 2 aromatic heterocycles. The highest BCUT2D eigenvalue weighted by Crippen LogP contribution is 2.21. The number of aromatic nitrogens is 1. The van der Waals surface area contributed by atoms with Gasteiger partial charge in [-0.25, -0.2) is 19.0 Å². The number of hydrogen-bond donors (Lipinski definition) is 3. The molecule has 30 heavy (non-hydrogen) atoms. The number of imide groups is 1. The summed E-state index contributed by atoms with van der Waals surface area (Å²) >= 11 is 0. The van der Waals surface area contributed by atoms with Gasteiger partial charge in [0.1, 0.15) is 23.0 Å². The van der Waals surface area contributed by atoms with Crippen molar-refractivity contribution in [3.8, 4) is 0 Å². The Hall–Kier alpha value is -4.21. The summed E-state index contributed by atoms with van der Waals surface area (Å²) in [5.41, 5.74) is 0.118. The number of amides is 3. The van der Waals surface area contributed by atoms with Gasteiger partial charge in [-0.05, 0) is 36.4 Å². The Morgan fingerprint density at radius 3 is 2.67 bits per heavy atom. The number of esters is 1. The molecule has 3 amide bonds. The van der Waals surface area contributed by atoms with Crippen LogP contribution < -0.4 is 16.0 Å². The van der Waals surface area contributed by atoms with E-state index < -0.39 is 30.3 Å². The zero-order valence-corrected chi connectivity index (χ0v) is 15.6. The molecule has 0 saturated heterocycles.